The molecule has 0 fully saturated rings. The van der Waals surface area contributed by atoms with Crippen molar-refractivity contribution in [3.8, 4) is 17.2 Å². The fourth-order valence-electron chi connectivity index (χ4n) is 4.91. The van der Waals surface area contributed by atoms with Gasteiger partial charge in [-0.1, -0.05) is 65.2 Å². The number of carbonyl (C=O) groups is 1. The minimum atomic E-state index is -0.125. The lowest BCUT2D eigenvalue weighted by Gasteiger charge is -2.25. The van der Waals surface area contributed by atoms with Gasteiger partial charge in [0.05, 0.1) is 27.9 Å². The van der Waals surface area contributed by atoms with Crippen LogP contribution >= 0.6 is 0 Å². The molecule has 3 rings (SSSR count). The van der Waals surface area contributed by atoms with Crippen LogP contribution in [-0.4, -0.2) is 37.0 Å². The Balaban J connectivity index is 1.91. The van der Waals surface area contributed by atoms with Crippen molar-refractivity contribution in [1.82, 2.24) is 9.78 Å². The van der Waals surface area contributed by atoms with Gasteiger partial charge in [-0.25, -0.2) is 0 Å². The van der Waals surface area contributed by atoms with E-state index in [0.29, 0.717) is 30.2 Å². The van der Waals surface area contributed by atoms with Crippen LogP contribution in [0.2, 0.25) is 0 Å². The zero-order chi connectivity index (χ0) is 27.7. The van der Waals surface area contributed by atoms with Crippen molar-refractivity contribution in [2.24, 2.45) is 0 Å². The Hall–Kier alpha value is -3.48. The Labute approximate surface area is 227 Å². The van der Waals surface area contributed by atoms with E-state index in [0.717, 1.165) is 48.1 Å². The number of nitrogens with one attached hydrogen (secondary N) is 1. The lowest BCUT2D eigenvalue weighted by Crippen LogP contribution is -2.21. The average molecular weight is 522 g/mol. The predicted molar refractivity (Wildman–Crippen MR) is 153 cm³/mol. The molecular formula is C31H43N3O4. The van der Waals surface area contributed by atoms with Crippen LogP contribution in [0, 0.1) is 0 Å². The highest BCUT2D eigenvalue weighted by Gasteiger charge is 2.26. The third kappa shape index (κ3) is 7.30. The Morgan fingerprint density at radius 2 is 1.79 bits per heavy atom. The SMILES string of the molecule is CCCCCC(CC(=O)Nc1cc(Cn2cccn2)ccc1C(C)(C)C)c1ccc(OC)c(OC)c1OC. The summed E-state index contributed by atoms with van der Waals surface area (Å²) in [5.74, 6) is 1.73. The molecule has 1 aromatic heterocycles. The summed E-state index contributed by atoms with van der Waals surface area (Å²) in [6.45, 7) is 9.30. The number of ether oxygens (including phenoxy) is 3. The molecule has 0 aliphatic rings. The van der Waals surface area contributed by atoms with Crippen LogP contribution in [0.3, 0.4) is 0 Å². The van der Waals surface area contributed by atoms with Crippen LogP contribution in [0.15, 0.2) is 48.8 Å². The van der Waals surface area contributed by atoms with Gasteiger partial charge in [-0.3, -0.25) is 9.48 Å². The fourth-order valence-corrected chi connectivity index (χ4v) is 4.91. The molecule has 7 heteroatoms. The van der Waals surface area contributed by atoms with Crippen LogP contribution in [-0.2, 0) is 16.8 Å². The highest BCUT2D eigenvalue weighted by molar-refractivity contribution is 5.92. The summed E-state index contributed by atoms with van der Waals surface area (Å²) in [6.07, 6.45) is 8.16. The van der Waals surface area contributed by atoms with Crippen molar-refractivity contribution in [3.05, 3.63) is 65.5 Å². The molecule has 38 heavy (non-hydrogen) atoms. The smallest absolute Gasteiger partial charge is 0.224 e. The summed E-state index contributed by atoms with van der Waals surface area (Å²) < 4.78 is 18.8. The molecular weight excluding hydrogens is 478 g/mol. The Bertz CT molecular complexity index is 1180. The molecule has 0 spiro atoms. The molecule has 2 aromatic carbocycles. The number of hydrogen-bond donors (Lipinski definition) is 1. The van der Waals surface area contributed by atoms with Crippen LogP contribution < -0.4 is 19.5 Å². The normalized spacial score (nSPS) is 12.2. The van der Waals surface area contributed by atoms with Gasteiger partial charge in [0.1, 0.15) is 0 Å². The van der Waals surface area contributed by atoms with E-state index in [1.807, 2.05) is 29.1 Å². The van der Waals surface area contributed by atoms with Gasteiger partial charge in [0.2, 0.25) is 11.7 Å². The zero-order valence-electron chi connectivity index (χ0n) is 24.0. The number of aromatic nitrogens is 2. The number of unbranched alkanes of at least 4 members (excludes halogenated alkanes) is 2. The average Bonchev–Trinajstić information content (AvgIpc) is 3.39. The van der Waals surface area contributed by atoms with Gasteiger partial charge in [0, 0.05) is 30.1 Å². The lowest BCUT2D eigenvalue weighted by atomic mass is 9.84. The van der Waals surface area contributed by atoms with Crippen LogP contribution in [0.5, 0.6) is 17.2 Å². The maximum Gasteiger partial charge on any atom is 0.224 e. The van der Waals surface area contributed by atoms with Crippen LogP contribution in [0.4, 0.5) is 5.69 Å². The quantitative estimate of drug-likeness (QED) is 0.246. The molecule has 0 saturated heterocycles. The summed E-state index contributed by atoms with van der Waals surface area (Å²) >= 11 is 0. The van der Waals surface area contributed by atoms with Gasteiger partial charge in [-0.05, 0) is 47.1 Å². The van der Waals surface area contributed by atoms with E-state index in [4.69, 9.17) is 14.2 Å². The maximum absolute atomic E-state index is 13.6. The summed E-state index contributed by atoms with van der Waals surface area (Å²) in [5.41, 5.74) is 3.86. The molecule has 1 atom stereocenters. The number of hydrogen-bond acceptors (Lipinski definition) is 5. The molecule has 1 heterocycles. The van der Waals surface area contributed by atoms with Crippen molar-refractivity contribution < 1.29 is 19.0 Å². The highest BCUT2D eigenvalue weighted by atomic mass is 16.5. The number of amides is 1. The molecule has 0 saturated carbocycles. The molecule has 0 bridgehead atoms. The van der Waals surface area contributed by atoms with Gasteiger partial charge in [-0.2, -0.15) is 5.10 Å². The number of benzene rings is 2. The van der Waals surface area contributed by atoms with E-state index < -0.39 is 0 Å². The second-order valence-corrected chi connectivity index (χ2v) is 10.7. The highest BCUT2D eigenvalue weighted by Crippen LogP contribution is 2.44. The standard InChI is InChI=1S/C31H43N3O4/c1-8-9-10-12-23(24-14-16-27(36-5)30(38-7)29(24)37-6)20-28(35)33-26-19-22(21-34-18-11-17-32-34)13-15-25(26)31(2,3)4/h11,13-19,23H,8-10,12,20-21H2,1-7H3,(H,33,35). The summed E-state index contributed by atoms with van der Waals surface area (Å²) in [6, 6.07) is 12.1. The van der Waals surface area contributed by atoms with E-state index >= 15 is 0 Å². The van der Waals surface area contributed by atoms with E-state index in [-0.39, 0.29) is 17.2 Å². The topological polar surface area (TPSA) is 74.6 Å². The molecule has 0 radical (unpaired) electrons. The molecule has 1 N–H and O–H groups in total. The molecule has 0 aliphatic carbocycles. The van der Waals surface area contributed by atoms with Crippen molar-refractivity contribution in [2.45, 2.75) is 77.7 Å². The molecule has 1 amide bonds. The van der Waals surface area contributed by atoms with Gasteiger partial charge < -0.3 is 19.5 Å². The number of carbonyl (C=O) groups excluding carboxylic acids is 1. The van der Waals surface area contributed by atoms with Crippen molar-refractivity contribution >= 4 is 11.6 Å². The van der Waals surface area contributed by atoms with Crippen LogP contribution in [0.25, 0.3) is 0 Å². The monoisotopic (exact) mass is 521 g/mol. The zero-order valence-corrected chi connectivity index (χ0v) is 24.0. The van der Waals surface area contributed by atoms with Gasteiger partial charge in [0.25, 0.3) is 0 Å². The molecule has 206 valence electrons. The first kappa shape index (κ1) is 29.1. The minimum Gasteiger partial charge on any atom is -0.493 e. The van der Waals surface area contributed by atoms with Gasteiger partial charge in [0.15, 0.2) is 11.5 Å². The fraction of sp³-hybridized carbons (Fsp3) is 0.484. The number of methoxy groups -OCH3 is 3. The predicted octanol–water partition coefficient (Wildman–Crippen LogP) is 6.95. The van der Waals surface area contributed by atoms with Crippen LogP contribution in [0.1, 0.15) is 82.4 Å². The largest absolute Gasteiger partial charge is 0.493 e. The second-order valence-electron chi connectivity index (χ2n) is 10.7. The maximum atomic E-state index is 13.6. The summed E-state index contributed by atoms with van der Waals surface area (Å²) in [7, 11) is 4.84. The Morgan fingerprint density at radius 3 is 2.39 bits per heavy atom. The lowest BCUT2D eigenvalue weighted by molar-refractivity contribution is -0.116. The number of anilines is 1. The third-order valence-corrected chi connectivity index (χ3v) is 6.83. The molecule has 7 nitrogen and oxygen atoms in total. The van der Waals surface area contributed by atoms with E-state index in [9.17, 15) is 4.79 Å². The minimum absolute atomic E-state index is 0.0231. The van der Waals surface area contributed by atoms with E-state index in [1.165, 1.54) is 0 Å². The first-order chi connectivity index (χ1) is 18.2. The Morgan fingerprint density at radius 1 is 1.03 bits per heavy atom. The van der Waals surface area contributed by atoms with E-state index in [2.05, 4.69) is 56.3 Å². The van der Waals surface area contributed by atoms with Crippen molar-refractivity contribution in [3.63, 3.8) is 0 Å². The summed E-state index contributed by atoms with van der Waals surface area (Å²) in [4.78, 5) is 13.6. The number of nitrogens with zero attached hydrogens (tertiary/aromatic N) is 2. The van der Waals surface area contributed by atoms with Crippen molar-refractivity contribution in [1.29, 1.82) is 0 Å². The molecule has 3 aromatic rings. The first-order valence-corrected chi connectivity index (χ1v) is 13.4. The van der Waals surface area contributed by atoms with Gasteiger partial charge in [-0.15, -0.1) is 0 Å². The molecule has 0 aliphatic heterocycles. The molecule has 1 unspecified atom stereocenters. The Kier molecular flexibility index (Phi) is 10.2. The van der Waals surface area contributed by atoms with E-state index in [1.54, 1.807) is 27.5 Å². The van der Waals surface area contributed by atoms with Crippen molar-refractivity contribution in [2.75, 3.05) is 26.6 Å². The van der Waals surface area contributed by atoms with Gasteiger partial charge >= 0.3 is 0 Å². The first-order valence-electron chi connectivity index (χ1n) is 13.4. The third-order valence-electron chi connectivity index (χ3n) is 6.83. The summed E-state index contributed by atoms with van der Waals surface area (Å²) in [5, 5.41) is 7.57. The number of rotatable bonds is 13. The second kappa shape index (κ2) is 13.4.